The van der Waals surface area contributed by atoms with Crippen LogP contribution in [0.3, 0.4) is 0 Å². The highest BCUT2D eigenvalue weighted by atomic mass is 32.2. The number of nitrogens with two attached hydrogens (primary N) is 2. The smallest absolute Gasteiger partial charge is 0.350 e. The van der Waals surface area contributed by atoms with Crippen LogP contribution in [0.25, 0.3) is 0 Å². The van der Waals surface area contributed by atoms with Crippen molar-refractivity contribution in [3.63, 3.8) is 0 Å². The highest BCUT2D eigenvalue weighted by Crippen LogP contribution is 2.15. The second-order valence-corrected chi connectivity index (χ2v) is 2.93. The van der Waals surface area contributed by atoms with Crippen molar-refractivity contribution in [2.24, 2.45) is 0 Å². The number of benzene rings is 1. The summed E-state index contributed by atoms with van der Waals surface area (Å²) in [6, 6.07) is 4.62. The number of rotatable bonds is 2. The molecule has 70 valence electrons. The molecule has 0 aliphatic rings. The Kier molecular flexibility index (Phi) is 3.02. The summed E-state index contributed by atoms with van der Waals surface area (Å²) in [5.41, 5.74) is 12.3. The van der Waals surface area contributed by atoms with Crippen LogP contribution in [0.15, 0.2) is 18.2 Å². The fraction of sp³-hybridized carbons (Fsp3) is 0.125. The fourth-order valence-corrected chi connectivity index (χ4v) is 1.17. The maximum absolute atomic E-state index is 11.2. The molecule has 1 aromatic rings. The highest BCUT2D eigenvalue weighted by Gasteiger charge is 2.07. The van der Waals surface area contributed by atoms with E-state index < -0.39 is 5.97 Å². The lowest BCUT2D eigenvalue weighted by atomic mass is 10.2. The lowest BCUT2D eigenvalue weighted by Gasteiger charge is -2.02. The minimum atomic E-state index is -0.438. The van der Waals surface area contributed by atoms with E-state index >= 15 is 0 Å². The van der Waals surface area contributed by atoms with Crippen molar-refractivity contribution < 1.29 is 8.98 Å². The first-order valence-electron chi connectivity index (χ1n) is 3.54. The van der Waals surface area contributed by atoms with E-state index in [0.29, 0.717) is 16.9 Å². The molecule has 0 atom stereocenters. The summed E-state index contributed by atoms with van der Waals surface area (Å²) >= 11 is 0.985. The first kappa shape index (κ1) is 9.73. The summed E-state index contributed by atoms with van der Waals surface area (Å²) in [5.74, 6) is -0.438. The van der Waals surface area contributed by atoms with E-state index in [1.165, 1.54) is 12.1 Å². The Balaban J connectivity index is 2.94. The van der Waals surface area contributed by atoms with Crippen LogP contribution >= 0.6 is 12.0 Å². The van der Waals surface area contributed by atoms with Crippen LogP contribution < -0.4 is 11.5 Å². The maximum Gasteiger partial charge on any atom is 0.350 e. The van der Waals surface area contributed by atoms with Gasteiger partial charge in [-0.15, -0.1) is 0 Å². The molecular formula is C8H10N2O2S. The van der Waals surface area contributed by atoms with E-state index in [9.17, 15) is 4.79 Å². The Hall–Kier alpha value is -1.36. The van der Waals surface area contributed by atoms with Gasteiger partial charge in [0.15, 0.2) is 0 Å². The molecule has 0 spiro atoms. The van der Waals surface area contributed by atoms with Crippen molar-refractivity contribution in [2.45, 2.75) is 0 Å². The van der Waals surface area contributed by atoms with Crippen LogP contribution in [0.5, 0.6) is 0 Å². The topological polar surface area (TPSA) is 78.3 Å². The Morgan fingerprint density at radius 2 is 1.85 bits per heavy atom. The molecule has 0 fully saturated rings. The van der Waals surface area contributed by atoms with Crippen LogP contribution in [-0.4, -0.2) is 12.2 Å². The Morgan fingerprint density at radius 1 is 1.31 bits per heavy atom. The van der Waals surface area contributed by atoms with Gasteiger partial charge in [-0.1, -0.05) is 0 Å². The molecular weight excluding hydrogens is 188 g/mol. The highest BCUT2D eigenvalue weighted by molar-refractivity contribution is 7.94. The Morgan fingerprint density at radius 3 is 2.31 bits per heavy atom. The second-order valence-electron chi connectivity index (χ2n) is 2.43. The minimum absolute atomic E-state index is 0.367. The summed E-state index contributed by atoms with van der Waals surface area (Å²) in [5, 5.41) is 0. The zero-order valence-electron chi connectivity index (χ0n) is 7.11. The quantitative estimate of drug-likeness (QED) is 0.553. The molecule has 0 aromatic heterocycles. The van der Waals surface area contributed by atoms with Gasteiger partial charge in [0.2, 0.25) is 0 Å². The van der Waals surface area contributed by atoms with Crippen molar-refractivity contribution in [2.75, 3.05) is 17.7 Å². The average molecular weight is 198 g/mol. The molecule has 1 rings (SSSR count). The summed E-state index contributed by atoms with van der Waals surface area (Å²) in [6.45, 7) is 0. The van der Waals surface area contributed by atoms with Gasteiger partial charge in [0.25, 0.3) is 0 Å². The van der Waals surface area contributed by atoms with Crippen molar-refractivity contribution in [1.82, 2.24) is 0 Å². The van der Waals surface area contributed by atoms with Crippen LogP contribution in [0, 0.1) is 0 Å². The van der Waals surface area contributed by atoms with E-state index in [2.05, 4.69) is 0 Å². The SMILES string of the molecule is CSOC(=O)c1cc(N)cc(N)c1. The third kappa shape index (κ3) is 2.55. The summed E-state index contributed by atoms with van der Waals surface area (Å²) in [6.07, 6.45) is 1.66. The van der Waals surface area contributed by atoms with Gasteiger partial charge in [0, 0.05) is 17.6 Å². The summed E-state index contributed by atoms with van der Waals surface area (Å²) in [4.78, 5) is 11.2. The van der Waals surface area contributed by atoms with Gasteiger partial charge in [0.1, 0.15) is 0 Å². The molecule has 0 amide bonds. The molecule has 0 saturated carbocycles. The lowest BCUT2D eigenvalue weighted by molar-refractivity contribution is 0.0769. The number of carbonyl (C=O) groups excluding carboxylic acids is 1. The average Bonchev–Trinajstić information content (AvgIpc) is 2.03. The van der Waals surface area contributed by atoms with E-state index in [-0.39, 0.29) is 0 Å². The summed E-state index contributed by atoms with van der Waals surface area (Å²) < 4.78 is 4.70. The number of carbonyl (C=O) groups is 1. The van der Waals surface area contributed by atoms with E-state index in [1.54, 1.807) is 12.3 Å². The molecule has 0 saturated heterocycles. The number of hydrogen-bond donors (Lipinski definition) is 2. The number of nitrogen functional groups attached to an aromatic ring is 2. The monoisotopic (exact) mass is 198 g/mol. The van der Waals surface area contributed by atoms with Crippen LogP contribution in [0.4, 0.5) is 11.4 Å². The Labute approximate surface area is 80.4 Å². The minimum Gasteiger partial charge on any atom is -0.399 e. The van der Waals surface area contributed by atoms with Gasteiger partial charge < -0.3 is 15.7 Å². The molecule has 0 bridgehead atoms. The van der Waals surface area contributed by atoms with Crippen molar-refractivity contribution >= 4 is 29.4 Å². The van der Waals surface area contributed by atoms with Gasteiger partial charge in [-0.3, -0.25) is 0 Å². The number of anilines is 2. The molecule has 0 aliphatic heterocycles. The molecule has 0 heterocycles. The third-order valence-electron chi connectivity index (χ3n) is 1.37. The molecule has 4 N–H and O–H groups in total. The van der Waals surface area contributed by atoms with Crippen LogP contribution in [-0.2, 0) is 4.18 Å². The second kappa shape index (κ2) is 4.04. The first-order chi connectivity index (χ1) is 6.13. The fourth-order valence-electron chi connectivity index (χ4n) is 0.918. The normalized spacial score (nSPS) is 9.62. The third-order valence-corrected chi connectivity index (χ3v) is 1.69. The van der Waals surface area contributed by atoms with Crippen molar-refractivity contribution in [1.29, 1.82) is 0 Å². The predicted molar refractivity (Wildman–Crippen MR) is 54.2 cm³/mol. The molecule has 4 nitrogen and oxygen atoms in total. The van der Waals surface area contributed by atoms with Gasteiger partial charge in [-0.25, -0.2) is 4.79 Å². The van der Waals surface area contributed by atoms with Gasteiger partial charge in [-0.2, -0.15) is 0 Å². The zero-order valence-corrected chi connectivity index (χ0v) is 7.93. The standard InChI is InChI=1S/C8H10N2O2S/c1-13-12-8(11)5-2-6(9)4-7(10)3-5/h2-4H,9-10H2,1H3. The van der Waals surface area contributed by atoms with Crippen molar-refractivity contribution in [3.05, 3.63) is 23.8 Å². The number of hydrogen-bond acceptors (Lipinski definition) is 5. The maximum atomic E-state index is 11.2. The van der Waals surface area contributed by atoms with E-state index in [4.69, 9.17) is 15.7 Å². The van der Waals surface area contributed by atoms with Gasteiger partial charge in [0.05, 0.1) is 17.6 Å². The molecule has 5 heteroatoms. The molecule has 1 aromatic carbocycles. The van der Waals surface area contributed by atoms with Gasteiger partial charge in [-0.05, 0) is 18.2 Å². The van der Waals surface area contributed by atoms with Crippen LogP contribution in [0.1, 0.15) is 10.4 Å². The zero-order chi connectivity index (χ0) is 9.84. The molecule has 0 radical (unpaired) electrons. The van der Waals surface area contributed by atoms with E-state index in [0.717, 1.165) is 12.0 Å². The van der Waals surface area contributed by atoms with E-state index in [1.807, 2.05) is 0 Å². The molecule has 0 unspecified atom stereocenters. The van der Waals surface area contributed by atoms with Gasteiger partial charge >= 0.3 is 5.97 Å². The van der Waals surface area contributed by atoms with Crippen molar-refractivity contribution in [3.8, 4) is 0 Å². The lowest BCUT2D eigenvalue weighted by Crippen LogP contribution is -2.02. The predicted octanol–water partition coefficient (Wildman–Crippen LogP) is 1.29. The van der Waals surface area contributed by atoms with Crippen LogP contribution in [0.2, 0.25) is 0 Å². The Bertz CT molecular complexity index is 308. The first-order valence-corrected chi connectivity index (χ1v) is 4.69. The molecule has 13 heavy (non-hydrogen) atoms. The molecule has 0 aliphatic carbocycles. The summed E-state index contributed by atoms with van der Waals surface area (Å²) in [7, 11) is 0. The largest absolute Gasteiger partial charge is 0.399 e.